The fraction of sp³-hybridized carbons (Fsp3) is 0.556. The maximum atomic E-state index is 12.8. The Kier molecular flexibility index (Phi) is 7.02. The maximum absolute atomic E-state index is 12.8. The number of thiol groups is 1. The lowest BCUT2D eigenvalue weighted by molar-refractivity contribution is -0.147. The van der Waals surface area contributed by atoms with E-state index in [2.05, 4.69) is 17.9 Å². The molecule has 0 atom stereocenters. The van der Waals surface area contributed by atoms with Crippen molar-refractivity contribution in [2.24, 2.45) is 5.92 Å². The number of benzene rings is 1. The van der Waals surface area contributed by atoms with Crippen molar-refractivity contribution in [1.29, 1.82) is 0 Å². The highest BCUT2D eigenvalue weighted by atomic mass is 35.5. The van der Waals surface area contributed by atoms with Gasteiger partial charge in [0.15, 0.2) is 5.60 Å². The molecule has 2 rings (SSSR count). The van der Waals surface area contributed by atoms with E-state index in [1.165, 1.54) is 0 Å². The van der Waals surface area contributed by atoms with E-state index in [1.807, 2.05) is 4.90 Å². The molecule has 2 amide bonds. The fourth-order valence-corrected chi connectivity index (χ4v) is 3.11. The Morgan fingerprint density at radius 2 is 1.88 bits per heavy atom. The smallest absolute Gasteiger partial charge is 0.266 e. The highest BCUT2D eigenvalue weighted by molar-refractivity contribution is 7.81. The van der Waals surface area contributed by atoms with Crippen LogP contribution in [0.4, 0.5) is 0 Å². The van der Waals surface area contributed by atoms with Crippen LogP contribution in [0.3, 0.4) is 0 Å². The molecular formula is C18H25ClN2O3S. The van der Waals surface area contributed by atoms with Crippen molar-refractivity contribution in [2.45, 2.75) is 32.3 Å². The Morgan fingerprint density at radius 1 is 1.28 bits per heavy atom. The monoisotopic (exact) mass is 384 g/mol. The zero-order valence-corrected chi connectivity index (χ0v) is 16.3. The first-order chi connectivity index (χ1) is 11.8. The number of piperidine rings is 1. The van der Waals surface area contributed by atoms with Gasteiger partial charge in [0, 0.05) is 24.7 Å². The SMILES string of the molecule is CC(C)(Oc1ccc(Cl)cc1)C(=O)N1CCC(CNC(=O)CS)CC1. The Morgan fingerprint density at radius 3 is 2.44 bits per heavy atom. The van der Waals surface area contributed by atoms with Gasteiger partial charge in [-0.05, 0) is 56.9 Å². The fourth-order valence-electron chi connectivity index (χ4n) is 2.88. The van der Waals surface area contributed by atoms with Gasteiger partial charge in [0.05, 0.1) is 5.75 Å². The van der Waals surface area contributed by atoms with E-state index in [0.717, 1.165) is 12.8 Å². The van der Waals surface area contributed by atoms with Crippen LogP contribution in [-0.4, -0.2) is 47.7 Å². The normalized spacial score (nSPS) is 15.8. The molecule has 0 unspecified atom stereocenters. The van der Waals surface area contributed by atoms with Crippen LogP contribution in [0.5, 0.6) is 5.75 Å². The summed E-state index contributed by atoms with van der Waals surface area (Å²) in [5.41, 5.74) is -0.944. The molecule has 1 aliphatic rings. The molecule has 0 radical (unpaired) electrons. The van der Waals surface area contributed by atoms with Gasteiger partial charge in [-0.1, -0.05) is 11.6 Å². The molecule has 1 N–H and O–H groups in total. The summed E-state index contributed by atoms with van der Waals surface area (Å²) in [6.07, 6.45) is 1.74. The number of hydrogen-bond acceptors (Lipinski definition) is 4. The second kappa shape index (κ2) is 8.81. The molecule has 0 spiro atoms. The number of amides is 2. The molecule has 1 aromatic carbocycles. The Balaban J connectivity index is 1.85. The molecule has 0 aliphatic carbocycles. The van der Waals surface area contributed by atoms with Gasteiger partial charge in [-0.2, -0.15) is 12.6 Å². The minimum Gasteiger partial charge on any atom is -0.478 e. The largest absolute Gasteiger partial charge is 0.478 e. The molecule has 1 saturated heterocycles. The highest BCUT2D eigenvalue weighted by Crippen LogP contribution is 2.24. The zero-order chi connectivity index (χ0) is 18.4. The quantitative estimate of drug-likeness (QED) is 0.741. The number of carbonyl (C=O) groups excluding carboxylic acids is 2. The molecule has 0 saturated carbocycles. The summed E-state index contributed by atoms with van der Waals surface area (Å²) >= 11 is 9.82. The average molecular weight is 385 g/mol. The van der Waals surface area contributed by atoms with Crippen molar-refractivity contribution in [2.75, 3.05) is 25.4 Å². The summed E-state index contributed by atoms with van der Waals surface area (Å²) in [5.74, 6) is 1.13. The second-order valence-corrected chi connectivity index (χ2v) is 7.52. The molecule has 0 bridgehead atoms. The molecule has 1 aliphatic heterocycles. The predicted octanol–water partition coefficient (Wildman–Crippen LogP) is 2.78. The van der Waals surface area contributed by atoms with Crippen LogP contribution in [0.2, 0.25) is 5.02 Å². The van der Waals surface area contributed by atoms with E-state index in [9.17, 15) is 9.59 Å². The third-order valence-electron chi connectivity index (χ3n) is 4.33. The second-order valence-electron chi connectivity index (χ2n) is 6.76. The molecule has 0 aromatic heterocycles. The van der Waals surface area contributed by atoms with Gasteiger partial charge < -0.3 is 15.0 Å². The maximum Gasteiger partial charge on any atom is 0.266 e. The van der Waals surface area contributed by atoms with Crippen LogP contribution in [0.15, 0.2) is 24.3 Å². The molecule has 25 heavy (non-hydrogen) atoms. The molecule has 1 heterocycles. The molecular weight excluding hydrogens is 360 g/mol. The molecule has 138 valence electrons. The van der Waals surface area contributed by atoms with Crippen LogP contribution in [-0.2, 0) is 9.59 Å². The van der Waals surface area contributed by atoms with Crippen molar-refractivity contribution in [1.82, 2.24) is 10.2 Å². The van der Waals surface area contributed by atoms with Crippen molar-refractivity contribution in [3.8, 4) is 5.75 Å². The van der Waals surface area contributed by atoms with E-state index >= 15 is 0 Å². The number of hydrogen-bond donors (Lipinski definition) is 2. The number of rotatable bonds is 6. The Hall–Kier alpha value is -1.40. The molecule has 1 fully saturated rings. The Bertz CT molecular complexity index is 599. The van der Waals surface area contributed by atoms with Crippen LogP contribution in [0.1, 0.15) is 26.7 Å². The van der Waals surface area contributed by atoms with E-state index in [-0.39, 0.29) is 17.6 Å². The summed E-state index contributed by atoms with van der Waals surface area (Å²) in [6, 6.07) is 6.99. The Labute approximate surface area is 159 Å². The first-order valence-electron chi connectivity index (χ1n) is 8.43. The number of nitrogens with one attached hydrogen (secondary N) is 1. The first-order valence-corrected chi connectivity index (χ1v) is 9.44. The standard InChI is InChI=1S/C18H25ClN2O3S/c1-18(2,24-15-5-3-14(19)4-6-15)17(23)21-9-7-13(8-10-21)11-20-16(22)12-25/h3-6,13,25H,7-12H2,1-2H3,(H,20,22). The topological polar surface area (TPSA) is 58.6 Å². The lowest BCUT2D eigenvalue weighted by Gasteiger charge is -2.37. The summed E-state index contributed by atoms with van der Waals surface area (Å²) in [5, 5.41) is 3.49. The van der Waals surface area contributed by atoms with Crippen molar-refractivity contribution < 1.29 is 14.3 Å². The van der Waals surface area contributed by atoms with Gasteiger partial charge in [-0.3, -0.25) is 9.59 Å². The van der Waals surface area contributed by atoms with Crippen molar-refractivity contribution in [3.63, 3.8) is 0 Å². The van der Waals surface area contributed by atoms with Crippen LogP contribution in [0, 0.1) is 5.92 Å². The molecule has 5 nitrogen and oxygen atoms in total. The summed E-state index contributed by atoms with van der Waals surface area (Å²) < 4.78 is 5.88. The van der Waals surface area contributed by atoms with E-state index in [4.69, 9.17) is 16.3 Å². The number of carbonyl (C=O) groups is 2. The van der Waals surface area contributed by atoms with Gasteiger partial charge in [-0.15, -0.1) is 0 Å². The van der Waals surface area contributed by atoms with E-state index < -0.39 is 5.60 Å². The zero-order valence-electron chi connectivity index (χ0n) is 14.6. The highest BCUT2D eigenvalue weighted by Gasteiger charge is 2.36. The van der Waals surface area contributed by atoms with Gasteiger partial charge >= 0.3 is 0 Å². The number of halogens is 1. The summed E-state index contributed by atoms with van der Waals surface area (Å²) in [6.45, 7) is 5.55. The summed E-state index contributed by atoms with van der Waals surface area (Å²) in [4.78, 5) is 25.9. The van der Waals surface area contributed by atoms with Crippen molar-refractivity contribution >= 4 is 36.0 Å². The average Bonchev–Trinajstić information content (AvgIpc) is 2.61. The summed E-state index contributed by atoms with van der Waals surface area (Å²) in [7, 11) is 0. The molecule has 7 heteroatoms. The van der Waals surface area contributed by atoms with Gasteiger partial charge in [0.2, 0.25) is 5.91 Å². The lowest BCUT2D eigenvalue weighted by atomic mass is 9.95. The van der Waals surface area contributed by atoms with Gasteiger partial charge in [0.1, 0.15) is 5.75 Å². The molecule has 1 aromatic rings. The number of likely N-dealkylation sites (tertiary alicyclic amines) is 1. The minimum absolute atomic E-state index is 0.0275. The number of nitrogens with zero attached hydrogens (tertiary/aromatic N) is 1. The third-order valence-corrected chi connectivity index (χ3v) is 4.87. The van der Waals surface area contributed by atoms with Gasteiger partial charge in [0.25, 0.3) is 5.91 Å². The van der Waals surface area contributed by atoms with Gasteiger partial charge in [-0.25, -0.2) is 0 Å². The van der Waals surface area contributed by atoms with Crippen LogP contribution >= 0.6 is 24.2 Å². The van der Waals surface area contributed by atoms with Crippen LogP contribution in [0.25, 0.3) is 0 Å². The van der Waals surface area contributed by atoms with E-state index in [0.29, 0.717) is 36.3 Å². The van der Waals surface area contributed by atoms with Crippen LogP contribution < -0.4 is 10.1 Å². The van der Waals surface area contributed by atoms with Crippen molar-refractivity contribution in [3.05, 3.63) is 29.3 Å². The minimum atomic E-state index is -0.944. The third kappa shape index (κ3) is 5.82. The lowest BCUT2D eigenvalue weighted by Crippen LogP contribution is -2.52. The predicted molar refractivity (Wildman–Crippen MR) is 102 cm³/mol. The number of ether oxygens (including phenoxy) is 1. The first kappa shape index (κ1) is 19.9. The van der Waals surface area contributed by atoms with E-state index in [1.54, 1.807) is 38.1 Å².